The largest absolute Gasteiger partial charge is 0.445 e. The molecular formula is C31H30F7N3O3. The summed E-state index contributed by atoms with van der Waals surface area (Å²) in [7, 11) is 0. The van der Waals surface area contributed by atoms with Crippen molar-refractivity contribution < 1.29 is 45.1 Å². The van der Waals surface area contributed by atoms with Crippen LogP contribution in [0.25, 0.3) is 0 Å². The summed E-state index contributed by atoms with van der Waals surface area (Å²) in [5.41, 5.74) is -3.38. The molecule has 236 valence electrons. The Labute approximate surface area is 249 Å². The number of rotatable bonds is 5. The van der Waals surface area contributed by atoms with Gasteiger partial charge in [0.05, 0.1) is 22.7 Å². The lowest BCUT2D eigenvalue weighted by atomic mass is 9.90. The lowest BCUT2D eigenvalue weighted by Gasteiger charge is -2.43. The van der Waals surface area contributed by atoms with E-state index in [4.69, 9.17) is 4.74 Å². The maximum atomic E-state index is 13.9. The molecule has 3 amide bonds. The zero-order valence-corrected chi connectivity index (χ0v) is 24.0. The van der Waals surface area contributed by atoms with E-state index in [1.165, 1.54) is 41.8 Å². The average molecular weight is 626 g/mol. The van der Waals surface area contributed by atoms with Crippen LogP contribution in [0.15, 0.2) is 66.7 Å². The SMILES string of the molecule is Cc1cc(F)ccc1[C@H]1CN(C(=O)OCc2ccccc2)CCN1C(=O)NC(C)(C)c1cc(C(F)(F)F)cc(C(F)(F)F)c1. The van der Waals surface area contributed by atoms with Crippen molar-refractivity contribution in [1.29, 1.82) is 0 Å². The van der Waals surface area contributed by atoms with Crippen LogP contribution in [0.2, 0.25) is 0 Å². The zero-order valence-electron chi connectivity index (χ0n) is 24.0. The van der Waals surface area contributed by atoms with Gasteiger partial charge in [-0.2, -0.15) is 26.3 Å². The second kappa shape index (κ2) is 12.4. The van der Waals surface area contributed by atoms with Crippen LogP contribution in [0.3, 0.4) is 0 Å². The number of piperazine rings is 1. The highest BCUT2D eigenvalue weighted by Gasteiger charge is 2.40. The van der Waals surface area contributed by atoms with Crippen LogP contribution < -0.4 is 5.32 Å². The van der Waals surface area contributed by atoms with Crippen molar-refractivity contribution in [3.63, 3.8) is 0 Å². The molecule has 0 unspecified atom stereocenters. The van der Waals surface area contributed by atoms with Gasteiger partial charge in [-0.3, -0.25) is 0 Å². The summed E-state index contributed by atoms with van der Waals surface area (Å²) in [6.07, 6.45) is -10.8. The summed E-state index contributed by atoms with van der Waals surface area (Å²) in [4.78, 5) is 29.3. The number of urea groups is 1. The second-order valence-corrected chi connectivity index (χ2v) is 11.0. The van der Waals surface area contributed by atoms with Gasteiger partial charge in [-0.25, -0.2) is 14.0 Å². The van der Waals surface area contributed by atoms with Gasteiger partial charge in [0.25, 0.3) is 0 Å². The number of amides is 3. The maximum absolute atomic E-state index is 13.9. The van der Waals surface area contributed by atoms with Crippen LogP contribution in [0.1, 0.15) is 53.3 Å². The Kier molecular flexibility index (Phi) is 9.17. The number of aryl methyl sites for hydroxylation is 1. The molecule has 1 aliphatic rings. The van der Waals surface area contributed by atoms with Gasteiger partial charge >= 0.3 is 24.5 Å². The topological polar surface area (TPSA) is 61.9 Å². The highest BCUT2D eigenvalue weighted by Crippen LogP contribution is 2.39. The smallest absolute Gasteiger partial charge is 0.416 e. The summed E-state index contributed by atoms with van der Waals surface area (Å²) in [5, 5.41) is 2.56. The highest BCUT2D eigenvalue weighted by atomic mass is 19.4. The fraction of sp³-hybridized carbons (Fsp3) is 0.355. The molecule has 0 radical (unpaired) electrons. The Morgan fingerprint density at radius 3 is 2.02 bits per heavy atom. The summed E-state index contributed by atoms with van der Waals surface area (Å²) in [6.45, 7) is 4.11. The number of halogens is 7. The van der Waals surface area contributed by atoms with Crippen molar-refractivity contribution in [3.8, 4) is 0 Å². The van der Waals surface area contributed by atoms with Gasteiger partial charge in [0, 0.05) is 19.6 Å². The van der Waals surface area contributed by atoms with Crippen LogP contribution in [0.5, 0.6) is 0 Å². The summed E-state index contributed by atoms with van der Waals surface area (Å²) >= 11 is 0. The average Bonchev–Trinajstić information content (AvgIpc) is 2.95. The molecule has 1 N–H and O–H groups in total. The fourth-order valence-electron chi connectivity index (χ4n) is 5.01. The second-order valence-electron chi connectivity index (χ2n) is 11.0. The molecule has 6 nitrogen and oxygen atoms in total. The minimum Gasteiger partial charge on any atom is -0.445 e. The molecule has 0 aromatic heterocycles. The van der Waals surface area contributed by atoms with Crippen molar-refractivity contribution in [1.82, 2.24) is 15.1 Å². The zero-order chi connectivity index (χ0) is 32.4. The molecule has 4 rings (SSSR count). The van der Waals surface area contributed by atoms with E-state index in [-0.39, 0.29) is 32.3 Å². The molecule has 3 aromatic carbocycles. The van der Waals surface area contributed by atoms with Crippen LogP contribution in [0, 0.1) is 12.7 Å². The number of hydrogen-bond donors (Lipinski definition) is 1. The molecule has 1 fully saturated rings. The van der Waals surface area contributed by atoms with Gasteiger partial charge in [-0.1, -0.05) is 36.4 Å². The fourth-order valence-corrected chi connectivity index (χ4v) is 5.01. The van der Waals surface area contributed by atoms with Crippen molar-refractivity contribution in [2.75, 3.05) is 19.6 Å². The van der Waals surface area contributed by atoms with Crippen LogP contribution in [0.4, 0.5) is 40.3 Å². The Balaban J connectivity index is 1.60. The van der Waals surface area contributed by atoms with Crippen molar-refractivity contribution >= 4 is 12.1 Å². The number of nitrogens with one attached hydrogen (secondary N) is 1. The molecule has 0 bridgehead atoms. The van der Waals surface area contributed by atoms with E-state index in [1.807, 2.05) is 6.07 Å². The normalized spacial score (nSPS) is 16.1. The van der Waals surface area contributed by atoms with E-state index in [9.17, 15) is 40.3 Å². The number of benzene rings is 3. The van der Waals surface area contributed by atoms with E-state index < -0.39 is 58.6 Å². The lowest BCUT2D eigenvalue weighted by Crippen LogP contribution is -2.57. The molecule has 0 aliphatic carbocycles. The van der Waals surface area contributed by atoms with Gasteiger partial charge in [0.2, 0.25) is 0 Å². The van der Waals surface area contributed by atoms with Crippen LogP contribution in [-0.4, -0.2) is 41.6 Å². The maximum Gasteiger partial charge on any atom is 0.416 e. The monoisotopic (exact) mass is 625 g/mol. The lowest BCUT2D eigenvalue weighted by molar-refractivity contribution is -0.143. The van der Waals surface area contributed by atoms with Crippen molar-refractivity contribution in [3.05, 3.63) is 106 Å². The van der Waals surface area contributed by atoms with Gasteiger partial charge in [0.1, 0.15) is 12.4 Å². The van der Waals surface area contributed by atoms with Gasteiger partial charge < -0.3 is 19.9 Å². The van der Waals surface area contributed by atoms with E-state index in [1.54, 1.807) is 31.2 Å². The first kappa shape index (κ1) is 32.6. The Hall–Kier alpha value is -4.29. The van der Waals surface area contributed by atoms with E-state index in [0.29, 0.717) is 23.3 Å². The minimum absolute atomic E-state index is 0.00566. The molecule has 0 spiro atoms. The minimum atomic E-state index is -5.06. The summed E-state index contributed by atoms with van der Waals surface area (Å²) in [5.74, 6) is -0.525. The molecule has 0 saturated carbocycles. The van der Waals surface area contributed by atoms with Crippen molar-refractivity contribution in [2.24, 2.45) is 0 Å². The van der Waals surface area contributed by atoms with E-state index in [2.05, 4.69) is 5.32 Å². The molecule has 3 aromatic rings. The molecule has 1 saturated heterocycles. The molecular weight excluding hydrogens is 595 g/mol. The van der Waals surface area contributed by atoms with E-state index in [0.717, 1.165) is 5.56 Å². The highest BCUT2D eigenvalue weighted by molar-refractivity contribution is 5.77. The number of alkyl halides is 6. The standard InChI is InChI=1S/C31H30F7N3O3/c1-19-13-24(32)9-10-25(19)26-17-40(28(43)44-18-20-7-5-4-6-8-20)11-12-41(26)27(42)39-29(2,3)21-14-22(30(33,34)35)16-23(15-21)31(36,37)38/h4-10,13-16,26H,11-12,17-18H2,1-3H3,(H,39,42)/t26-/m1/s1. The number of hydrogen-bond acceptors (Lipinski definition) is 3. The summed E-state index contributed by atoms with van der Waals surface area (Å²) in [6, 6.07) is 12.4. The number of carbonyl (C=O) groups excluding carboxylic acids is 2. The quantitative estimate of drug-likeness (QED) is 0.294. The van der Waals surface area contributed by atoms with Crippen molar-refractivity contribution in [2.45, 2.75) is 51.3 Å². The Morgan fingerprint density at radius 2 is 1.45 bits per heavy atom. The van der Waals surface area contributed by atoms with Gasteiger partial charge in [-0.05, 0) is 73.4 Å². The third kappa shape index (κ3) is 7.61. The molecule has 1 heterocycles. The third-order valence-corrected chi connectivity index (χ3v) is 7.42. The Morgan fingerprint density at radius 1 is 0.864 bits per heavy atom. The molecule has 13 heteroatoms. The van der Waals surface area contributed by atoms with Gasteiger partial charge in [0.15, 0.2) is 0 Å². The van der Waals surface area contributed by atoms with E-state index >= 15 is 0 Å². The Bertz CT molecular complexity index is 1480. The van der Waals surface area contributed by atoms with Gasteiger partial charge in [-0.15, -0.1) is 0 Å². The first-order valence-corrected chi connectivity index (χ1v) is 13.6. The predicted octanol–water partition coefficient (Wildman–Crippen LogP) is 7.81. The number of ether oxygens (including phenoxy) is 1. The van der Waals surface area contributed by atoms with Crippen LogP contribution >= 0.6 is 0 Å². The molecule has 1 aliphatic heterocycles. The first-order valence-electron chi connectivity index (χ1n) is 13.6. The first-order chi connectivity index (χ1) is 20.5. The number of nitrogens with zero attached hydrogens (tertiary/aromatic N) is 2. The van der Waals surface area contributed by atoms with Crippen LogP contribution in [-0.2, 0) is 29.2 Å². The molecule has 1 atom stereocenters. The predicted molar refractivity (Wildman–Crippen MR) is 147 cm³/mol. The summed E-state index contributed by atoms with van der Waals surface area (Å²) < 4.78 is 100. The molecule has 44 heavy (non-hydrogen) atoms. The number of carbonyl (C=O) groups is 2. The third-order valence-electron chi connectivity index (χ3n) is 7.42.